The molecular weight excluding hydrogens is 571 g/mol. The first-order valence-electron chi connectivity index (χ1n) is 12.8. The van der Waals surface area contributed by atoms with Gasteiger partial charge in [0, 0.05) is 6.42 Å². The van der Waals surface area contributed by atoms with Crippen molar-refractivity contribution in [2.45, 2.75) is 54.3 Å². The molecule has 0 aliphatic heterocycles. The summed E-state index contributed by atoms with van der Waals surface area (Å²) in [5.74, 6) is 1.66. The summed E-state index contributed by atoms with van der Waals surface area (Å²) in [5.41, 5.74) is 6.72. The van der Waals surface area contributed by atoms with E-state index in [1.54, 1.807) is 4.52 Å². The maximum absolute atomic E-state index is 12.1. The number of aryl methyl sites for hydroxylation is 2. The first-order chi connectivity index (χ1) is 17.8. The fourth-order valence-corrected chi connectivity index (χ4v) is 7.88. The van der Waals surface area contributed by atoms with Crippen molar-refractivity contribution in [2.24, 2.45) is 0 Å². The predicted molar refractivity (Wildman–Crippen MR) is 147 cm³/mol. The van der Waals surface area contributed by atoms with Crippen LogP contribution in [0.5, 0.6) is 0 Å². The number of hydrogen-bond acceptors (Lipinski definition) is 6. The van der Waals surface area contributed by atoms with Gasteiger partial charge in [-0.15, -0.1) is 0 Å². The van der Waals surface area contributed by atoms with Crippen LogP contribution in [-0.2, 0) is 19.3 Å². The molecule has 0 radical (unpaired) electrons. The molecule has 5 rings (SSSR count). The van der Waals surface area contributed by atoms with Crippen LogP contribution in [0, 0.1) is 0 Å². The van der Waals surface area contributed by atoms with Gasteiger partial charge >= 0.3 is 178 Å². The van der Waals surface area contributed by atoms with Crippen LogP contribution in [0.25, 0.3) is 28.2 Å². The van der Waals surface area contributed by atoms with Crippen molar-refractivity contribution in [1.29, 1.82) is 0 Å². The van der Waals surface area contributed by atoms with Gasteiger partial charge in [0.1, 0.15) is 5.82 Å². The number of H-pyrrole nitrogens is 1. The van der Waals surface area contributed by atoms with Crippen molar-refractivity contribution in [2.75, 3.05) is 0 Å². The normalized spacial score (nSPS) is 11.9. The Labute approximate surface area is 220 Å². The maximum atomic E-state index is 12.1. The molecule has 9 nitrogen and oxygen atoms in total. The van der Waals surface area contributed by atoms with Gasteiger partial charge in [0.15, 0.2) is 0 Å². The molecule has 0 saturated heterocycles. The quantitative estimate of drug-likeness (QED) is 0.262. The van der Waals surface area contributed by atoms with E-state index in [1.807, 2.05) is 19.1 Å². The topological polar surface area (TPSA) is 107 Å². The molecule has 0 amide bonds. The fourth-order valence-electron chi connectivity index (χ4n) is 4.72. The summed E-state index contributed by atoms with van der Waals surface area (Å²) >= 11 is -2.57. The predicted octanol–water partition coefficient (Wildman–Crippen LogP) is 4.53. The second kappa shape index (κ2) is 10.2. The van der Waals surface area contributed by atoms with Gasteiger partial charge in [0.05, 0.1) is 0 Å². The third-order valence-corrected chi connectivity index (χ3v) is 11.0. The van der Waals surface area contributed by atoms with E-state index in [1.165, 1.54) is 0 Å². The summed E-state index contributed by atoms with van der Waals surface area (Å²) in [6.45, 7) is 4.18. The number of tetrazole rings is 1. The monoisotopic (exact) mass is 604 g/mol. The molecule has 37 heavy (non-hydrogen) atoms. The number of rotatable bonds is 8. The summed E-state index contributed by atoms with van der Waals surface area (Å²) < 4.78 is 3.81. The summed E-state index contributed by atoms with van der Waals surface area (Å²) in [5, 5.41) is 15.5. The second-order valence-electron chi connectivity index (χ2n) is 10.2. The van der Waals surface area contributed by atoms with E-state index in [0.717, 1.165) is 64.4 Å². The van der Waals surface area contributed by atoms with E-state index in [9.17, 15) is 4.79 Å². The van der Waals surface area contributed by atoms with Crippen LogP contribution < -0.4 is 5.69 Å². The summed E-state index contributed by atoms with van der Waals surface area (Å²) in [6.07, 6.45) is 3.19. The van der Waals surface area contributed by atoms with Gasteiger partial charge < -0.3 is 0 Å². The Hall–Kier alpha value is -3.34. The van der Waals surface area contributed by atoms with Gasteiger partial charge in [-0.2, -0.15) is 0 Å². The molecule has 190 valence electrons. The SMILES string of the molecule is CCCc1nc(CC)n2[nH]c(=O)nc2c1Cc1ccc(-c2ccccc2-c2nnn[n]2[Sn]([CH3])([CH3])[CH3])cc1. The van der Waals surface area contributed by atoms with Gasteiger partial charge in [-0.1, -0.05) is 20.3 Å². The zero-order chi connectivity index (χ0) is 26.2. The number of aromatic nitrogens is 8. The molecule has 5 aromatic rings. The van der Waals surface area contributed by atoms with Gasteiger partial charge in [0.2, 0.25) is 0 Å². The van der Waals surface area contributed by atoms with Crippen LogP contribution in [0.2, 0.25) is 14.8 Å². The average Bonchev–Trinajstić information content (AvgIpc) is 3.53. The number of aromatic amines is 1. The molecule has 0 bridgehead atoms. The van der Waals surface area contributed by atoms with E-state index < -0.39 is 18.7 Å². The minimum atomic E-state index is -2.57. The molecule has 0 aliphatic carbocycles. The Morgan fingerprint density at radius 3 is 2.35 bits per heavy atom. The summed E-state index contributed by atoms with van der Waals surface area (Å²) in [4.78, 5) is 28.2. The Morgan fingerprint density at radius 2 is 1.68 bits per heavy atom. The standard InChI is InChI=1S/C24H24N8O.3CH3.Sn/c1-3-7-20-19(23-26-24(33)29-32(23)21(4-2)25-20)14-15-10-12-16(13-11-15)17-8-5-6-9-18(17)22-27-30-31-28-22;;;;/h5-6,8-13H,3-4,7,14H2,1-2H3,(H2,27,28,29,30,31,33);3*1H3;/q;;;;+1/p-1. The summed E-state index contributed by atoms with van der Waals surface area (Å²) in [6, 6.07) is 16.9. The number of nitrogens with one attached hydrogen (secondary N) is 1. The molecule has 1 N–H and O–H groups in total. The van der Waals surface area contributed by atoms with Crippen LogP contribution >= 0.6 is 0 Å². The zero-order valence-electron chi connectivity index (χ0n) is 22.0. The van der Waals surface area contributed by atoms with Gasteiger partial charge in [-0.25, -0.2) is 9.89 Å². The molecule has 0 spiro atoms. The van der Waals surface area contributed by atoms with E-state index in [0.29, 0.717) is 12.1 Å². The minimum absolute atomic E-state index is 0.347. The molecule has 10 heteroatoms. The fraction of sp³-hybridized carbons (Fsp3) is 0.333. The first-order valence-corrected chi connectivity index (χ1v) is 22.6. The number of nitrogens with zero attached hydrogens (tertiary/aromatic N) is 7. The summed E-state index contributed by atoms with van der Waals surface area (Å²) in [7, 11) is 0. The second-order valence-corrected chi connectivity index (χ2v) is 23.8. The average molecular weight is 603 g/mol. The third kappa shape index (κ3) is 4.96. The first kappa shape index (κ1) is 25.3. The van der Waals surface area contributed by atoms with Gasteiger partial charge in [0.25, 0.3) is 0 Å². The molecule has 0 aliphatic rings. The molecule has 3 aromatic heterocycles. The molecule has 0 fully saturated rings. The molecule has 2 aromatic carbocycles. The number of hydrogen-bond donors (Lipinski definition) is 1. The Bertz CT molecular complexity index is 1610. The third-order valence-electron chi connectivity index (χ3n) is 6.49. The van der Waals surface area contributed by atoms with Crippen molar-refractivity contribution in [3.05, 3.63) is 81.7 Å². The molecule has 0 atom stereocenters. The van der Waals surface area contributed by atoms with Crippen molar-refractivity contribution in [3.8, 4) is 22.5 Å². The van der Waals surface area contributed by atoms with Gasteiger partial charge in [-0.3, -0.25) is 0 Å². The van der Waals surface area contributed by atoms with Crippen molar-refractivity contribution < 1.29 is 0 Å². The molecular formula is C27H32N8OSn. The van der Waals surface area contributed by atoms with Crippen molar-refractivity contribution in [1.82, 2.24) is 38.0 Å². The number of benzene rings is 2. The number of fused-ring (bicyclic) bond motifs is 1. The van der Waals surface area contributed by atoms with Crippen LogP contribution in [0.3, 0.4) is 0 Å². The van der Waals surface area contributed by atoms with E-state index in [-0.39, 0.29) is 5.69 Å². The molecule has 0 saturated carbocycles. The Morgan fingerprint density at radius 1 is 0.946 bits per heavy atom. The van der Waals surface area contributed by atoms with Crippen LogP contribution in [0.15, 0.2) is 53.3 Å². The van der Waals surface area contributed by atoms with E-state index >= 15 is 0 Å². The Balaban J connectivity index is 1.53. The molecule has 3 heterocycles. The van der Waals surface area contributed by atoms with Crippen LogP contribution in [0.4, 0.5) is 0 Å². The molecule has 0 unspecified atom stereocenters. The van der Waals surface area contributed by atoms with E-state index in [2.05, 4.69) is 86.7 Å². The van der Waals surface area contributed by atoms with E-state index in [4.69, 9.17) is 4.98 Å². The van der Waals surface area contributed by atoms with Crippen LogP contribution in [-0.4, -0.2) is 56.7 Å². The van der Waals surface area contributed by atoms with Crippen LogP contribution in [0.1, 0.15) is 42.9 Å². The Kier molecular flexibility index (Phi) is 6.98. The zero-order valence-corrected chi connectivity index (χ0v) is 24.8. The van der Waals surface area contributed by atoms with Crippen molar-refractivity contribution >= 4 is 24.3 Å². The van der Waals surface area contributed by atoms with Gasteiger partial charge in [-0.05, 0) is 0 Å². The van der Waals surface area contributed by atoms with Crippen molar-refractivity contribution in [3.63, 3.8) is 0 Å².